The van der Waals surface area contributed by atoms with Crippen LogP contribution in [0.15, 0.2) is 224 Å². The van der Waals surface area contributed by atoms with Gasteiger partial charge in [0.25, 0.3) is 0 Å². The number of aromatic nitrogens is 5. The van der Waals surface area contributed by atoms with Crippen LogP contribution >= 0.6 is 0 Å². The molecule has 0 atom stereocenters. The van der Waals surface area contributed by atoms with Crippen LogP contribution in [0.3, 0.4) is 0 Å². The summed E-state index contributed by atoms with van der Waals surface area (Å²) in [4.78, 5) is 5.68. The van der Waals surface area contributed by atoms with Crippen LogP contribution in [0.1, 0.15) is 0 Å². The highest BCUT2D eigenvalue weighted by atomic mass is 15.1. The van der Waals surface area contributed by atoms with E-state index < -0.39 is 0 Å². The van der Waals surface area contributed by atoms with Crippen molar-refractivity contribution in [3.05, 3.63) is 224 Å². The fourth-order valence-corrected chi connectivity index (χ4v) is 10.7. The van der Waals surface area contributed by atoms with Gasteiger partial charge in [0.2, 0.25) is 0 Å². The zero-order valence-electron chi connectivity index (χ0n) is 34.6. The van der Waals surface area contributed by atoms with Gasteiger partial charge >= 0.3 is 0 Å². The molecule has 0 aliphatic heterocycles. The first-order valence-corrected chi connectivity index (χ1v) is 21.9. The maximum Gasteiger partial charge on any atom is 0.140 e. The van der Waals surface area contributed by atoms with Gasteiger partial charge in [-0.15, -0.1) is 0 Å². The molecule has 0 saturated heterocycles. The average Bonchev–Trinajstić information content (AvgIpc) is 4.09. The number of para-hydroxylation sites is 8. The van der Waals surface area contributed by atoms with Crippen molar-refractivity contribution < 1.29 is 0 Å². The third kappa shape index (κ3) is 4.92. The summed E-state index contributed by atoms with van der Waals surface area (Å²) < 4.78 is 9.58. The lowest BCUT2D eigenvalue weighted by Gasteiger charge is -2.19. The minimum absolute atomic E-state index is 0.853. The highest BCUT2D eigenvalue weighted by Crippen LogP contribution is 2.42. The Hall–Kier alpha value is -8.67. The van der Waals surface area contributed by atoms with Crippen molar-refractivity contribution in [2.45, 2.75) is 0 Å². The lowest BCUT2D eigenvalue weighted by atomic mass is 10.0. The third-order valence-electron chi connectivity index (χ3n) is 13.4. The molecule has 5 heteroatoms. The summed E-state index contributed by atoms with van der Waals surface area (Å²) in [5.41, 5.74) is 13.5. The summed E-state index contributed by atoms with van der Waals surface area (Å²) >= 11 is 0. The van der Waals surface area contributed by atoms with E-state index in [2.05, 4.69) is 243 Å². The molecular weight excluding hydrogens is 779 g/mol. The maximum atomic E-state index is 5.68. The van der Waals surface area contributed by atoms with Gasteiger partial charge in [0.15, 0.2) is 0 Å². The summed E-state index contributed by atoms with van der Waals surface area (Å²) in [6.45, 7) is 0. The normalized spacial score (nSPS) is 12.1. The number of nitrogens with zero attached hydrogens (tertiary/aromatic N) is 5. The number of rotatable bonds is 5. The smallest absolute Gasteiger partial charge is 0.140 e. The van der Waals surface area contributed by atoms with E-state index >= 15 is 0 Å². The Balaban J connectivity index is 1.13. The first-order valence-electron chi connectivity index (χ1n) is 21.9. The van der Waals surface area contributed by atoms with Gasteiger partial charge in [-0.3, -0.25) is 9.13 Å². The van der Waals surface area contributed by atoms with Crippen LogP contribution < -0.4 is 0 Å². The van der Waals surface area contributed by atoms with E-state index in [0.717, 1.165) is 67.2 Å². The second kappa shape index (κ2) is 13.4. The highest BCUT2D eigenvalue weighted by Gasteiger charge is 2.22. The molecule has 5 nitrogen and oxygen atoms in total. The monoisotopic (exact) mass is 815 g/mol. The van der Waals surface area contributed by atoms with Gasteiger partial charge in [-0.25, -0.2) is 4.98 Å². The Labute approximate surface area is 367 Å². The van der Waals surface area contributed by atoms with E-state index in [1.54, 1.807) is 0 Å². The molecule has 64 heavy (non-hydrogen) atoms. The third-order valence-corrected chi connectivity index (χ3v) is 13.4. The molecule has 0 amide bonds. The van der Waals surface area contributed by atoms with Crippen molar-refractivity contribution in [2.75, 3.05) is 0 Å². The molecular formula is C59H37N5. The van der Waals surface area contributed by atoms with Crippen molar-refractivity contribution in [3.63, 3.8) is 0 Å². The van der Waals surface area contributed by atoms with Crippen LogP contribution in [0.4, 0.5) is 0 Å². The fourth-order valence-electron chi connectivity index (χ4n) is 10.7. The minimum atomic E-state index is 0.853. The van der Waals surface area contributed by atoms with Crippen LogP contribution in [0, 0.1) is 0 Å². The molecule has 0 spiro atoms. The van der Waals surface area contributed by atoms with Crippen molar-refractivity contribution in [3.8, 4) is 34.1 Å². The van der Waals surface area contributed by atoms with Crippen LogP contribution in [0.25, 0.3) is 121 Å². The molecule has 14 aromatic rings. The highest BCUT2D eigenvalue weighted by molar-refractivity contribution is 6.13. The van der Waals surface area contributed by atoms with Gasteiger partial charge in [0.1, 0.15) is 11.6 Å². The van der Waals surface area contributed by atoms with Crippen LogP contribution in [0.2, 0.25) is 0 Å². The molecule has 0 saturated carbocycles. The number of fused-ring (bicyclic) bond motifs is 12. The summed E-state index contributed by atoms with van der Waals surface area (Å²) in [6.07, 6.45) is 0. The van der Waals surface area contributed by atoms with E-state index in [1.165, 1.54) is 54.1 Å². The van der Waals surface area contributed by atoms with E-state index in [-0.39, 0.29) is 0 Å². The SMILES string of the molecule is c1ccc2c(c1)c1ccccc1n2-c1ccc(-c2cc(-n3c4ccccc4c4ccccc43)nc(-n3c4ccccc4c4ccccc43)c2)c(-n2c3ccccc3c3ccccc32)c1. The molecule has 5 aromatic heterocycles. The minimum Gasteiger partial charge on any atom is -0.309 e. The summed E-state index contributed by atoms with van der Waals surface area (Å²) in [5.74, 6) is 1.71. The molecule has 298 valence electrons. The van der Waals surface area contributed by atoms with Gasteiger partial charge in [0, 0.05) is 54.3 Å². The van der Waals surface area contributed by atoms with Gasteiger partial charge in [-0.2, -0.15) is 0 Å². The zero-order chi connectivity index (χ0) is 41.9. The van der Waals surface area contributed by atoms with Gasteiger partial charge < -0.3 is 9.13 Å². The Bertz CT molecular complexity index is 3870. The molecule has 5 heterocycles. The molecule has 0 aliphatic rings. The Kier molecular flexibility index (Phi) is 7.33. The standard InChI is InChI=1S/C59H37N5/c1-9-25-49-41(17-1)42-18-2-10-26-50(42)61(49)39-33-34-40(57(37-39)62-51-27-11-3-19-43(51)44-20-4-12-28-52(44)62)38-35-58(63-53-29-13-5-21-45(53)46-22-6-14-30-54(46)63)60-59(36-38)64-55-31-15-7-23-47(55)48-24-8-16-32-56(48)64/h1-37H. The van der Waals surface area contributed by atoms with Gasteiger partial charge in [-0.05, 0) is 78.4 Å². The summed E-state index contributed by atoms with van der Waals surface area (Å²) in [6, 6.07) is 81.5. The molecule has 14 rings (SSSR count). The Morgan fingerprint density at radius 1 is 0.250 bits per heavy atom. The zero-order valence-corrected chi connectivity index (χ0v) is 34.6. The average molecular weight is 816 g/mol. The molecule has 0 N–H and O–H groups in total. The van der Waals surface area contributed by atoms with Crippen LogP contribution in [-0.2, 0) is 0 Å². The Morgan fingerprint density at radius 2 is 0.531 bits per heavy atom. The number of pyridine rings is 1. The molecule has 0 fully saturated rings. The number of hydrogen-bond acceptors (Lipinski definition) is 1. The van der Waals surface area contributed by atoms with Crippen molar-refractivity contribution in [1.82, 2.24) is 23.3 Å². The quantitative estimate of drug-likeness (QED) is 0.170. The van der Waals surface area contributed by atoms with E-state index in [1.807, 2.05) is 0 Å². The summed E-state index contributed by atoms with van der Waals surface area (Å²) in [5, 5.41) is 9.71. The predicted molar refractivity (Wildman–Crippen MR) is 267 cm³/mol. The van der Waals surface area contributed by atoms with Gasteiger partial charge in [-0.1, -0.05) is 152 Å². The Morgan fingerprint density at radius 3 is 0.859 bits per heavy atom. The van der Waals surface area contributed by atoms with Crippen molar-refractivity contribution in [2.24, 2.45) is 0 Å². The lowest BCUT2D eigenvalue weighted by molar-refractivity contribution is 1.01. The fraction of sp³-hybridized carbons (Fsp3) is 0. The second-order valence-corrected chi connectivity index (χ2v) is 16.8. The maximum absolute atomic E-state index is 5.68. The lowest BCUT2D eigenvalue weighted by Crippen LogP contribution is -2.06. The summed E-state index contributed by atoms with van der Waals surface area (Å²) in [7, 11) is 0. The topological polar surface area (TPSA) is 32.6 Å². The van der Waals surface area contributed by atoms with Crippen molar-refractivity contribution in [1.29, 1.82) is 0 Å². The van der Waals surface area contributed by atoms with Crippen molar-refractivity contribution >= 4 is 87.2 Å². The number of benzene rings is 9. The van der Waals surface area contributed by atoms with E-state index in [9.17, 15) is 0 Å². The molecule has 0 bridgehead atoms. The second-order valence-electron chi connectivity index (χ2n) is 16.8. The molecule has 9 aromatic carbocycles. The van der Waals surface area contributed by atoms with Crippen LogP contribution in [0.5, 0.6) is 0 Å². The molecule has 0 unspecified atom stereocenters. The first-order chi connectivity index (χ1) is 31.8. The van der Waals surface area contributed by atoms with E-state index in [4.69, 9.17) is 4.98 Å². The molecule has 0 radical (unpaired) electrons. The predicted octanol–water partition coefficient (Wildman–Crippen LogP) is 15.1. The first kappa shape index (κ1) is 35.0. The largest absolute Gasteiger partial charge is 0.309 e. The molecule has 0 aliphatic carbocycles. The van der Waals surface area contributed by atoms with Crippen LogP contribution in [-0.4, -0.2) is 23.3 Å². The van der Waals surface area contributed by atoms with E-state index in [0.29, 0.717) is 0 Å². The van der Waals surface area contributed by atoms with Gasteiger partial charge in [0.05, 0.1) is 49.8 Å². The number of hydrogen-bond donors (Lipinski definition) is 0.